The van der Waals surface area contributed by atoms with Gasteiger partial charge in [0.1, 0.15) is 13.2 Å². The van der Waals surface area contributed by atoms with E-state index in [4.69, 9.17) is 9.47 Å². The van der Waals surface area contributed by atoms with Gasteiger partial charge in [-0.2, -0.15) is 5.26 Å². The fraction of sp³-hybridized carbons (Fsp3) is 0.143. The van der Waals surface area contributed by atoms with Crippen LogP contribution < -0.4 is 14.8 Å². The Hall–Kier alpha value is -4.55. The van der Waals surface area contributed by atoms with Crippen molar-refractivity contribution in [3.05, 3.63) is 93.9 Å². The maximum absolute atomic E-state index is 12.9. The quantitative estimate of drug-likeness (QED) is 0.416. The first kappa shape index (κ1) is 25.5. The van der Waals surface area contributed by atoms with Crippen molar-refractivity contribution in [1.29, 1.82) is 5.26 Å². The number of anilines is 1. The number of methoxy groups -OCH3 is 1. The summed E-state index contributed by atoms with van der Waals surface area (Å²) in [4.78, 5) is 38.9. The van der Waals surface area contributed by atoms with E-state index in [-0.39, 0.29) is 18.1 Å². The molecule has 0 saturated carbocycles. The molecule has 8 nitrogen and oxygen atoms in total. The highest BCUT2D eigenvalue weighted by molar-refractivity contribution is 8.18. The number of hydrogen-bond donors (Lipinski definition) is 1. The van der Waals surface area contributed by atoms with E-state index in [9.17, 15) is 19.6 Å². The Kier molecular flexibility index (Phi) is 7.91. The second-order valence-electron chi connectivity index (χ2n) is 8.15. The van der Waals surface area contributed by atoms with Crippen molar-refractivity contribution in [3.63, 3.8) is 0 Å². The molecule has 9 heteroatoms. The minimum absolute atomic E-state index is 0.183. The lowest BCUT2D eigenvalue weighted by molar-refractivity contribution is -0.127. The average Bonchev–Trinajstić information content (AvgIpc) is 3.15. The van der Waals surface area contributed by atoms with E-state index < -0.39 is 17.1 Å². The topological polar surface area (TPSA) is 109 Å². The molecule has 0 aromatic heterocycles. The number of amides is 3. The van der Waals surface area contributed by atoms with E-state index in [0.717, 1.165) is 27.8 Å². The molecule has 0 atom stereocenters. The van der Waals surface area contributed by atoms with Crippen molar-refractivity contribution in [2.75, 3.05) is 19.0 Å². The summed E-state index contributed by atoms with van der Waals surface area (Å²) in [6, 6.07) is 21.6. The van der Waals surface area contributed by atoms with E-state index in [1.165, 1.54) is 7.11 Å². The summed E-state index contributed by atoms with van der Waals surface area (Å²) in [6.45, 7) is 1.71. The van der Waals surface area contributed by atoms with E-state index in [1.54, 1.807) is 48.5 Å². The highest BCUT2D eigenvalue weighted by Crippen LogP contribution is 2.35. The van der Waals surface area contributed by atoms with Gasteiger partial charge in [0.25, 0.3) is 11.1 Å². The summed E-state index contributed by atoms with van der Waals surface area (Å²) < 4.78 is 11.3. The van der Waals surface area contributed by atoms with Crippen LogP contribution in [0.3, 0.4) is 0 Å². The lowest BCUT2D eigenvalue weighted by atomic mass is 10.1. The van der Waals surface area contributed by atoms with Crippen LogP contribution in [0.2, 0.25) is 0 Å². The van der Waals surface area contributed by atoms with Crippen molar-refractivity contribution in [1.82, 2.24) is 4.90 Å². The van der Waals surface area contributed by atoms with Gasteiger partial charge in [-0.25, -0.2) is 0 Å². The number of benzene rings is 3. The Morgan fingerprint density at radius 2 is 1.89 bits per heavy atom. The lowest BCUT2D eigenvalue weighted by Crippen LogP contribution is -2.36. The molecule has 4 rings (SSSR count). The average molecular weight is 514 g/mol. The van der Waals surface area contributed by atoms with Crippen molar-refractivity contribution in [2.45, 2.75) is 13.5 Å². The number of carbonyl (C=O) groups excluding carboxylic acids is 3. The lowest BCUT2D eigenvalue weighted by Gasteiger charge is -2.13. The Bertz CT molecular complexity index is 1440. The van der Waals surface area contributed by atoms with E-state index >= 15 is 0 Å². The first-order valence-corrected chi connectivity index (χ1v) is 12.1. The Labute approximate surface area is 218 Å². The number of hydrogen-bond acceptors (Lipinski definition) is 7. The van der Waals surface area contributed by atoms with Crippen LogP contribution in [0.25, 0.3) is 6.08 Å². The molecule has 1 aliphatic heterocycles. The van der Waals surface area contributed by atoms with Gasteiger partial charge in [0.05, 0.1) is 23.6 Å². The summed E-state index contributed by atoms with van der Waals surface area (Å²) in [7, 11) is 1.50. The molecule has 0 spiro atoms. The molecule has 3 aromatic rings. The standard InChI is InChI=1S/C28H23N3O5S/c1-18-6-5-9-22(12-18)30-26(32)16-31-27(33)25(37-28(31)34)14-19-10-11-23(24(13-19)35-2)36-17-21-8-4-3-7-20(21)15-29/h3-14H,16-17H2,1-2H3,(H,30,32)/b25-14-. The molecule has 1 fully saturated rings. The first-order chi connectivity index (χ1) is 17.9. The monoisotopic (exact) mass is 513 g/mol. The van der Waals surface area contributed by atoms with Crippen LogP contribution in [-0.2, 0) is 16.2 Å². The fourth-order valence-electron chi connectivity index (χ4n) is 3.66. The Balaban J connectivity index is 1.44. The molecule has 0 unspecified atom stereocenters. The summed E-state index contributed by atoms with van der Waals surface area (Å²) >= 11 is 0.773. The number of imide groups is 1. The van der Waals surface area contributed by atoms with Crippen LogP contribution in [-0.4, -0.2) is 35.6 Å². The van der Waals surface area contributed by atoms with Crippen LogP contribution >= 0.6 is 11.8 Å². The van der Waals surface area contributed by atoms with E-state index in [0.29, 0.717) is 28.3 Å². The zero-order valence-electron chi connectivity index (χ0n) is 20.2. The SMILES string of the molecule is COc1cc(/C=C2\SC(=O)N(CC(=O)Nc3cccc(C)c3)C2=O)ccc1OCc1ccccc1C#N. The number of nitrogens with one attached hydrogen (secondary N) is 1. The molecule has 0 bridgehead atoms. The van der Waals surface area contributed by atoms with Crippen molar-refractivity contribution >= 4 is 40.6 Å². The fourth-order valence-corrected chi connectivity index (χ4v) is 4.50. The third kappa shape index (κ3) is 6.18. The molecule has 1 saturated heterocycles. The van der Waals surface area contributed by atoms with Gasteiger partial charge < -0.3 is 14.8 Å². The highest BCUT2D eigenvalue weighted by atomic mass is 32.2. The molecule has 3 amide bonds. The van der Waals surface area contributed by atoms with Crippen LogP contribution in [0.1, 0.15) is 22.3 Å². The maximum Gasteiger partial charge on any atom is 0.294 e. The van der Waals surface area contributed by atoms with Crippen molar-refractivity contribution in [3.8, 4) is 17.6 Å². The van der Waals surface area contributed by atoms with Crippen molar-refractivity contribution < 1.29 is 23.9 Å². The Morgan fingerprint density at radius 3 is 2.65 bits per heavy atom. The first-order valence-electron chi connectivity index (χ1n) is 11.3. The van der Waals surface area contributed by atoms with Crippen molar-refractivity contribution in [2.24, 2.45) is 0 Å². The number of ether oxygens (including phenoxy) is 2. The highest BCUT2D eigenvalue weighted by Gasteiger charge is 2.36. The molecule has 1 aliphatic rings. The molecule has 1 heterocycles. The molecule has 1 N–H and O–H groups in total. The van der Waals surface area contributed by atoms with E-state index in [2.05, 4.69) is 11.4 Å². The van der Waals surface area contributed by atoms with Crippen LogP contribution in [0.5, 0.6) is 11.5 Å². The number of nitrogens with zero attached hydrogens (tertiary/aromatic N) is 2. The summed E-state index contributed by atoms with van der Waals surface area (Å²) in [5.74, 6) is -0.106. The number of carbonyl (C=O) groups is 3. The molecule has 186 valence electrons. The molecular formula is C28H23N3O5S. The maximum atomic E-state index is 12.9. The van der Waals surface area contributed by atoms with Gasteiger partial charge in [-0.1, -0.05) is 36.4 Å². The summed E-state index contributed by atoms with van der Waals surface area (Å²) in [6.07, 6.45) is 1.57. The van der Waals surface area contributed by atoms with Gasteiger partial charge in [-0.05, 0) is 66.2 Å². The molecule has 3 aromatic carbocycles. The number of thioether (sulfide) groups is 1. The summed E-state index contributed by atoms with van der Waals surface area (Å²) in [5, 5.41) is 11.4. The van der Waals surface area contributed by atoms with Crippen LogP contribution in [0.15, 0.2) is 71.6 Å². The third-order valence-corrected chi connectivity index (χ3v) is 6.39. The van der Waals surface area contributed by atoms with Gasteiger partial charge in [0.2, 0.25) is 5.91 Å². The summed E-state index contributed by atoms with van der Waals surface area (Å²) in [5.41, 5.74) is 3.47. The van der Waals surface area contributed by atoms with Gasteiger partial charge in [0, 0.05) is 11.3 Å². The predicted molar refractivity (Wildman–Crippen MR) is 141 cm³/mol. The zero-order valence-corrected chi connectivity index (χ0v) is 21.0. The molecule has 0 aliphatic carbocycles. The largest absolute Gasteiger partial charge is 0.493 e. The number of nitriles is 1. The second-order valence-corrected chi connectivity index (χ2v) is 9.15. The molecule has 0 radical (unpaired) electrons. The zero-order chi connectivity index (χ0) is 26.4. The molecule has 37 heavy (non-hydrogen) atoms. The second kappa shape index (κ2) is 11.5. The Morgan fingerprint density at radius 1 is 1.08 bits per heavy atom. The number of rotatable bonds is 8. The molecular weight excluding hydrogens is 490 g/mol. The number of aryl methyl sites for hydroxylation is 1. The van der Waals surface area contributed by atoms with Gasteiger partial charge in [-0.3, -0.25) is 19.3 Å². The minimum Gasteiger partial charge on any atom is -0.493 e. The van der Waals surface area contributed by atoms with Crippen LogP contribution in [0.4, 0.5) is 10.5 Å². The van der Waals surface area contributed by atoms with Crippen LogP contribution in [0, 0.1) is 18.3 Å². The van der Waals surface area contributed by atoms with Gasteiger partial charge in [-0.15, -0.1) is 0 Å². The van der Waals surface area contributed by atoms with Gasteiger partial charge in [0.15, 0.2) is 11.5 Å². The minimum atomic E-state index is -0.540. The third-order valence-electron chi connectivity index (χ3n) is 5.48. The normalized spacial score (nSPS) is 14.0. The van der Waals surface area contributed by atoms with Gasteiger partial charge >= 0.3 is 0 Å². The predicted octanol–water partition coefficient (Wildman–Crippen LogP) is 5.13. The van der Waals surface area contributed by atoms with E-state index in [1.807, 2.05) is 31.2 Å². The smallest absolute Gasteiger partial charge is 0.294 e.